The molecule has 0 saturated heterocycles. The first-order valence-electron chi connectivity index (χ1n) is 3.47. The van der Waals surface area contributed by atoms with Gasteiger partial charge in [-0.05, 0) is 12.2 Å². The standard InChI is InChI=1S/C8H12ClFO2/c1-11-6-8(10)7-12-5-3-2-4-9/h2-5,8H,6-7H2,1H3/b4-2+,5-3+/t8-/m0/s1. The Kier molecular flexibility index (Phi) is 8.17. The van der Waals surface area contributed by atoms with Gasteiger partial charge < -0.3 is 9.47 Å². The minimum atomic E-state index is -1.08. The molecule has 0 amide bonds. The second-order valence-corrected chi connectivity index (χ2v) is 2.28. The van der Waals surface area contributed by atoms with Crippen molar-refractivity contribution in [2.75, 3.05) is 20.3 Å². The highest BCUT2D eigenvalue weighted by molar-refractivity contribution is 6.25. The summed E-state index contributed by atoms with van der Waals surface area (Å²) in [4.78, 5) is 0. The van der Waals surface area contributed by atoms with Gasteiger partial charge in [0.05, 0.1) is 12.9 Å². The van der Waals surface area contributed by atoms with Crippen LogP contribution < -0.4 is 0 Å². The fourth-order valence-corrected chi connectivity index (χ4v) is 0.616. The van der Waals surface area contributed by atoms with E-state index >= 15 is 0 Å². The molecule has 0 unspecified atom stereocenters. The smallest absolute Gasteiger partial charge is 0.157 e. The van der Waals surface area contributed by atoms with E-state index < -0.39 is 6.17 Å². The van der Waals surface area contributed by atoms with Crippen molar-refractivity contribution in [3.63, 3.8) is 0 Å². The van der Waals surface area contributed by atoms with E-state index in [1.165, 1.54) is 18.9 Å². The lowest BCUT2D eigenvalue weighted by atomic mass is 10.4. The molecule has 4 heteroatoms. The Hall–Kier alpha value is -0.540. The largest absolute Gasteiger partial charge is 0.498 e. The summed E-state index contributed by atoms with van der Waals surface area (Å²) >= 11 is 5.21. The van der Waals surface area contributed by atoms with Gasteiger partial charge in [0.25, 0.3) is 0 Å². The number of ether oxygens (including phenoxy) is 2. The molecule has 2 nitrogen and oxygen atoms in total. The topological polar surface area (TPSA) is 18.5 Å². The van der Waals surface area contributed by atoms with Gasteiger partial charge in [0.2, 0.25) is 0 Å². The predicted molar refractivity (Wildman–Crippen MR) is 46.9 cm³/mol. The Morgan fingerprint density at radius 3 is 2.75 bits per heavy atom. The molecule has 1 atom stereocenters. The molecule has 0 N–H and O–H groups in total. The first-order valence-corrected chi connectivity index (χ1v) is 3.91. The lowest BCUT2D eigenvalue weighted by Crippen LogP contribution is -2.14. The summed E-state index contributed by atoms with van der Waals surface area (Å²) in [6.45, 7) is 0.0552. The summed E-state index contributed by atoms with van der Waals surface area (Å²) in [5.41, 5.74) is 1.34. The van der Waals surface area contributed by atoms with E-state index in [2.05, 4.69) is 4.74 Å². The number of hydrogen-bond donors (Lipinski definition) is 0. The molecule has 0 aliphatic heterocycles. The number of hydrogen-bond acceptors (Lipinski definition) is 2. The fourth-order valence-electron chi connectivity index (χ4n) is 0.532. The quantitative estimate of drug-likeness (QED) is 0.477. The summed E-state index contributed by atoms with van der Waals surface area (Å²) in [5.74, 6) is 0. The Morgan fingerprint density at radius 1 is 1.42 bits per heavy atom. The molecular formula is C8H12ClFO2. The second kappa shape index (κ2) is 8.56. The van der Waals surface area contributed by atoms with Crippen LogP contribution in [-0.2, 0) is 9.47 Å². The van der Waals surface area contributed by atoms with E-state index in [9.17, 15) is 4.39 Å². The molecule has 12 heavy (non-hydrogen) atoms. The molecule has 0 radical (unpaired) electrons. The molecule has 0 rings (SSSR count). The first kappa shape index (κ1) is 11.5. The van der Waals surface area contributed by atoms with Gasteiger partial charge in [-0.2, -0.15) is 0 Å². The normalized spacial score (nSPS) is 14.2. The lowest BCUT2D eigenvalue weighted by Gasteiger charge is -2.04. The van der Waals surface area contributed by atoms with Crippen LogP contribution in [0.1, 0.15) is 0 Å². The van der Waals surface area contributed by atoms with Gasteiger partial charge in [-0.15, -0.1) is 0 Å². The average Bonchev–Trinajstić information content (AvgIpc) is 2.05. The Bertz CT molecular complexity index is 148. The zero-order chi connectivity index (χ0) is 9.23. The van der Waals surface area contributed by atoms with Crippen LogP contribution in [0, 0.1) is 0 Å². The van der Waals surface area contributed by atoms with Crippen LogP contribution in [0.3, 0.4) is 0 Å². The van der Waals surface area contributed by atoms with E-state index in [0.29, 0.717) is 0 Å². The van der Waals surface area contributed by atoms with Crippen molar-refractivity contribution in [3.05, 3.63) is 23.9 Å². The van der Waals surface area contributed by atoms with Crippen LogP contribution >= 0.6 is 11.6 Å². The summed E-state index contributed by atoms with van der Waals surface area (Å²) in [6, 6.07) is 0. The van der Waals surface area contributed by atoms with Crippen LogP contribution in [0.15, 0.2) is 23.9 Å². The van der Waals surface area contributed by atoms with Gasteiger partial charge in [-0.1, -0.05) is 11.6 Å². The first-order chi connectivity index (χ1) is 5.81. The SMILES string of the molecule is COC[C@H](F)CO/C=C/C=C/Cl. The lowest BCUT2D eigenvalue weighted by molar-refractivity contribution is 0.0744. The summed E-state index contributed by atoms with van der Waals surface area (Å²) in [5, 5.41) is 0. The van der Waals surface area contributed by atoms with Crippen LogP contribution in [0.25, 0.3) is 0 Å². The molecule has 0 aliphatic rings. The van der Waals surface area contributed by atoms with Crippen LogP contribution in [0.2, 0.25) is 0 Å². The van der Waals surface area contributed by atoms with E-state index in [-0.39, 0.29) is 13.2 Å². The number of alkyl halides is 1. The minimum Gasteiger partial charge on any atom is -0.498 e. The molecule has 0 aromatic heterocycles. The molecule has 0 aliphatic carbocycles. The molecule has 0 spiro atoms. The van der Waals surface area contributed by atoms with Gasteiger partial charge in [-0.25, -0.2) is 4.39 Å². The van der Waals surface area contributed by atoms with Crippen LogP contribution in [-0.4, -0.2) is 26.5 Å². The minimum absolute atomic E-state index is 0.000462. The highest BCUT2D eigenvalue weighted by Crippen LogP contribution is 1.93. The highest BCUT2D eigenvalue weighted by atomic mass is 35.5. The van der Waals surface area contributed by atoms with Crippen molar-refractivity contribution in [3.8, 4) is 0 Å². The van der Waals surface area contributed by atoms with E-state index in [4.69, 9.17) is 16.3 Å². The van der Waals surface area contributed by atoms with Gasteiger partial charge in [-0.3, -0.25) is 0 Å². The summed E-state index contributed by atoms with van der Waals surface area (Å²) < 4.78 is 22.0. The van der Waals surface area contributed by atoms with E-state index in [0.717, 1.165) is 0 Å². The van der Waals surface area contributed by atoms with Crippen molar-refractivity contribution >= 4 is 11.6 Å². The molecular weight excluding hydrogens is 183 g/mol. The van der Waals surface area contributed by atoms with Gasteiger partial charge in [0.15, 0.2) is 6.17 Å². The van der Waals surface area contributed by atoms with E-state index in [1.807, 2.05) is 0 Å². The van der Waals surface area contributed by atoms with Gasteiger partial charge in [0.1, 0.15) is 6.61 Å². The number of allylic oxidation sites excluding steroid dienone is 2. The third kappa shape index (κ3) is 7.57. The monoisotopic (exact) mass is 194 g/mol. The second-order valence-electron chi connectivity index (χ2n) is 2.03. The maximum absolute atomic E-state index is 12.6. The average molecular weight is 195 g/mol. The third-order valence-corrected chi connectivity index (χ3v) is 1.13. The van der Waals surface area contributed by atoms with Crippen LogP contribution in [0.4, 0.5) is 4.39 Å². The van der Waals surface area contributed by atoms with Gasteiger partial charge in [0, 0.05) is 12.6 Å². The highest BCUT2D eigenvalue weighted by Gasteiger charge is 2.03. The summed E-state index contributed by atoms with van der Waals surface area (Å²) in [7, 11) is 1.44. The molecule has 0 heterocycles. The third-order valence-electron chi connectivity index (χ3n) is 0.983. The molecule has 0 fully saturated rings. The zero-order valence-electron chi connectivity index (χ0n) is 6.87. The van der Waals surface area contributed by atoms with Crippen molar-refractivity contribution in [1.82, 2.24) is 0 Å². The van der Waals surface area contributed by atoms with Crippen molar-refractivity contribution < 1.29 is 13.9 Å². The Labute approximate surface area is 76.6 Å². The van der Waals surface area contributed by atoms with Gasteiger partial charge >= 0.3 is 0 Å². The Morgan fingerprint density at radius 2 is 2.17 bits per heavy atom. The van der Waals surface area contributed by atoms with Crippen molar-refractivity contribution in [2.45, 2.75) is 6.17 Å². The van der Waals surface area contributed by atoms with Crippen molar-refractivity contribution in [2.24, 2.45) is 0 Å². The molecule has 0 saturated carbocycles. The van der Waals surface area contributed by atoms with Crippen LogP contribution in [0.5, 0.6) is 0 Å². The number of rotatable bonds is 6. The zero-order valence-corrected chi connectivity index (χ0v) is 7.63. The number of halogens is 2. The number of methoxy groups -OCH3 is 1. The summed E-state index contributed by atoms with van der Waals surface area (Å²) in [6.07, 6.45) is 3.44. The fraction of sp³-hybridized carbons (Fsp3) is 0.500. The molecule has 0 bridgehead atoms. The molecule has 0 aromatic carbocycles. The van der Waals surface area contributed by atoms with Crippen molar-refractivity contribution in [1.29, 1.82) is 0 Å². The Balaban J connectivity index is 3.29. The molecule has 70 valence electrons. The maximum Gasteiger partial charge on any atom is 0.157 e. The molecule has 0 aromatic rings. The predicted octanol–water partition coefficient (Wildman–Crippen LogP) is 2.25. The van der Waals surface area contributed by atoms with E-state index in [1.54, 1.807) is 12.2 Å². The maximum atomic E-state index is 12.6.